The van der Waals surface area contributed by atoms with E-state index < -0.39 is 0 Å². The van der Waals surface area contributed by atoms with Gasteiger partial charge in [-0.05, 0) is 24.3 Å². The molecule has 2 aromatic rings. The normalized spacial score (nSPS) is 10.2. The Bertz CT molecular complexity index is 603. The number of nitrogens with zero attached hydrogens (tertiary/aromatic N) is 1. The second-order valence-corrected chi connectivity index (χ2v) is 4.67. The largest absolute Gasteiger partial charge is 0.504 e. The van der Waals surface area contributed by atoms with E-state index in [2.05, 4.69) is 10.3 Å². The van der Waals surface area contributed by atoms with Crippen LogP contribution in [0, 0.1) is 0 Å². The molecular formula is C13H10Cl2N2O2. The van der Waals surface area contributed by atoms with E-state index in [0.717, 1.165) is 0 Å². The standard InChI is InChI=1S/C13H10Cl2N2O2/c14-8-5-10(15)13(19)11(6-8)17-12(18)7-9-3-1-2-4-16-9/h1-6,19H,7H2,(H,17,18). The Kier molecular flexibility index (Phi) is 4.24. The minimum atomic E-state index is -0.313. The van der Waals surface area contributed by atoms with Crippen molar-refractivity contribution in [2.75, 3.05) is 5.32 Å². The number of aromatic hydroxyl groups is 1. The monoisotopic (exact) mass is 296 g/mol. The van der Waals surface area contributed by atoms with Crippen molar-refractivity contribution in [1.29, 1.82) is 0 Å². The van der Waals surface area contributed by atoms with Crippen LogP contribution in [-0.2, 0) is 11.2 Å². The van der Waals surface area contributed by atoms with E-state index in [4.69, 9.17) is 23.2 Å². The SMILES string of the molecule is O=C(Cc1ccccn1)Nc1cc(Cl)cc(Cl)c1O. The number of halogens is 2. The van der Waals surface area contributed by atoms with Crippen molar-refractivity contribution in [2.24, 2.45) is 0 Å². The number of aromatic nitrogens is 1. The number of nitrogens with one attached hydrogen (secondary N) is 1. The number of rotatable bonds is 3. The number of hydrogen-bond donors (Lipinski definition) is 2. The molecule has 1 aromatic carbocycles. The van der Waals surface area contributed by atoms with Crippen LogP contribution in [0.1, 0.15) is 5.69 Å². The van der Waals surface area contributed by atoms with E-state index >= 15 is 0 Å². The van der Waals surface area contributed by atoms with Gasteiger partial charge in [0.1, 0.15) is 0 Å². The zero-order valence-corrected chi connectivity index (χ0v) is 11.2. The van der Waals surface area contributed by atoms with Gasteiger partial charge in [-0.15, -0.1) is 0 Å². The molecule has 1 heterocycles. The van der Waals surface area contributed by atoms with Crippen molar-refractivity contribution in [1.82, 2.24) is 4.98 Å². The molecule has 0 aliphatic heterocycles. The molecule has 19 heavy (non-hydrogen) atoms. The molecule has 0 fully saturated rings. The van der Waals surface area contributed by atoms with Crippen LogP contribution in [-0.4, -0.2) is 16.0 Å². The van der Waals surface area contributed by atoms with Crippen LogP contribution >= 0.6 is 23.2 Å². The Balaban J connectivity index is 2.11. The quantitative estimate of drug-likeness (QED) is 0.855. The van der Waals surface area contributed by atoms with E-state index in [1.54, 1.807) is 24.4 Å². The van der Waals surface area contributed by atoms with Crippen LogP contribution in [0.15, 0.2) is 36.5 Å². The minimum Gasteiger partial charge on any atom is -0.504 e. The van der Waals surface area contributed by atoms with Gasteiger partial charge in [0.05, 0.1) is 17.1 Å². The molecule has 0 unspecified atom stereocenters. The van der Waals surface area contributed by atoms with Gasteiger partial charge in [-0.3, -0.25) is 9.78 Å². The summed E-state index contributed by atoms with van der Waals surface area (Å²) in [6.45, 7) is 0. The lowest BCUT2D eigenvalue weighted by molar-refractivity contribution is -0.115. The minimum absolute atomic E-state index is 0.0839. The lowest BCUT2D eigenvalue weighted by Gasteiger charge is -2.09. The molecule has 0 saturated carbocycles. The first-order valence-electron chi connectivity index (χ1n) is 5.44. The number of hydrogen-bond acceptors (Lipinski definition) is 3. The average molecular weight is 297 g/mol. The van der Waals surface area contributed by atoms with Gasteiger partial charge in [-0.2, -0.15) is 0 Å². The Hall–Kier alpha value is -1.78. The molecule has 1 amide bonds. The molecule has 0 aliphatic carbocycles. The zero-order chi connectivity index (χ0) is 13.8. The fourth-order valence-corrected chi connectivity index (χ4v) is 2.02. The van der Waals surface area contributed by atoms with Crippen LogP contribution in [0.4, 0.5) is 5.69 Å². The van der Waals surface area contributed by atoms with Crippen molar-refractivity contribution in [3.05, 3.63) is 52.3 Å². The number of phenolic OH excluding ortho intramolecular Hbond substituents is 1. The predicted octanol–water partition coefficient (Wildman–Crippen LogP) is 3.28. The highest BCUT2D eigenvalue weighted by Crippen LogP contribution is 2.34. The Morgan fingerprint density at radius 2 is 2.11 bits per heavy atom. The fourth-order valence-electron chi connectivity index (χ4n) is 1.52. The number of pyridine rings is 1. The van der Waals surface area contributed by atoms with Gasteiger partial charge in [0, 0.05) is 16.9 Å². The Morgan fingerprint density at radius 3 is 2.79 bits per heavy atom. The van der Waals surface area contributed by atoms with Crippen LogP contribution in [0.25, 0.3) is 0 Å². The maximum atomic E-state index is 11.8. The molecule has 0 radical (unpaired) electrons. The number of benzene rings is 1. The average Bonchev–Trinajstić information content (AvgIpc) is 2.36. The molecule has 98 valence electrons. The number of carbonyl (C=O) groups is 1. The summed E-state index contributed by atoms with van der Waals surface area (Å²) in [6, 6.07) is 8.13. The van der Waals surface area contributed by atoms with Gasteiger partial charge in [0.15, 0.2) is 5.75 Å². The first kappa shape index (κ1) is 13.6. The van der Waals surface area contributed by atoms with Gasteiger partial charge in [0.2, 0.25) is 5.91 Å². The van der Waals surface area contributed by atoms with Gasteiger partial charge in [-0.1, -0.05) is 29.3 Å². The lowest BCUT2D eigenvalue weighted by atomic mass is 10.2. The van der Waals surface area contributed by atoms with Crippen LogP contribution < -0.4 is 5.32 Å². The first-order valence-corrected chi connectivity index (χ1v) is 6.19. The first-order chi connectivity index (χ1) is 9.06. The van der Waals surface area contributed by atoms with Gasteiger partial charge < -0.3 is 10.4 Å². The Labute approximate surface area is 120 Å². The summed E-state index contributed by atoms with van der Waals surface area (Å²) < 4.78 is 0. The van der Waals surface area contributed by atoms with Gasteiger partial charge in [-0.25, -0.2) is 0 Å². The third kappa shape index (κ3) is 3.59. The van der Waals surface area contributed by atoms with Crippen LogP contribution in [0.5, 0.6) is 5.75 Å². The summed E-state index contributed by atoms with van der Waals surface area (Å²) in [5.41, 5.74) is 0.811. The topological polar surface area (TPSA) is 62.2 Å². The Morgan fingerprint density at radius 1 is 1.32 bits per heavy atom. The number of phenols is 1. The maximum Gasteiger partial charge on any atom is 0.230 e. The number of anilines is 1. The third-order valence-electron chi connectivity index (χ3n) is 2.37. The van der Waals surface area contributed by atoms with Gasteiger partial charge >= 0.3 is 0 Å². The second kappa shape index (κ2) is 5.91. The van der Waals surface area contributed by atoms with Crippen molar-refractivity contribution in [3.63, 3.8) is 0 Å². The summed E-state index contributed by atoms with van der Waals surface area (Å²) in [6.07, 6.45) is 1.71. The molecule has 2 rings (SSSR count). The predicted molar refractivity (Wildman–Crippen MR) is 74.7 cm³/mol. The highest BCUT2D eigenvalue weighted by atomic mass is 35.5. The van der Waals surface area contributed by atoms with E-state index in [1.807, 2.05) is 0 Å². The zero-order valence-electron chi connectivity index (χ0n) is 9.73. The van der Waals surface area contributed by atoms with Crippen molar-refractivity contribution >= 4 is 34.8 Å². The number of amides is 1. The molecular weight excluding hydrogens is 287 g/mol. The molecule has 0 spiro atoms. The van der Waals surface area contributed by atoms with Gasteiger partial charge in [0.25, 0.3) is 0 Å². The molecule has 1 aromatic heterocycles. The summed E-state index contributed by atoms with van der Waals surface area (Å²) in [7, 11) is 0. The summed E-state index contributed by atoms with van der Waals surface area (Å²) in [5, 5.41) is 12.7. The van der Waals surface area contributed by atoms with Crippen molar-refractivity contribution < 1.29 is 9.90 Å². The molecule has 0 atom stereocenters. The molecule has 2 N–H and O–H groups in total. The van der Waals surface area contributed by atoms with Crippen LogP contribution in [0.2, 0.25) is 10.0 Å². The number of carbonyl (C=O) groups excluding carboxylic acids is 1. The summed E-state index contributed by atoms with van der Waals surface area (Å²) in [4.78, 5) is 15.9. The van der Waals surface area contributed by atoms with E-state index in [0.29, 0.717) is 10.7 Å². The second-order valence-electron chi connectivity index (χ2n) is 3.83. The highest BCUT2D eigenvalue weighted by Gasteiger charge is 2.11. The van der Waals surface area contributed by atoms with E-state index in [-0.39, 0.29) is 28.8 Å². The lowest BCUT2D eigenvalue weighted by Crippen LogP contribution is -2.15. The molecule has 0 bridgehead atoms. The molecule has 0 saturated heterocycles. The summed E-state index contributed by atoms with van der Waals surface area (Å²) >= 11 is 11.6. The third-order valence-corrected chi connectivity index (χ3v) is 2.88. The van der Waals surface area contributed by atoms with Crippen molar-refractivity contribution in [2.45, 2.75) is 6.42 Å². The smallest absolute Gasteiger partial charge is 0.230 e. The highest BCUT2D eigenvalue weighted by molar-refractivity contribution is 6.36. The fraction of sp³-hybridized carbons (Fsp3) is 0.0769. The molecule has 4 nitrogen and oxygen atoms in total. The maximum absolute atomic E-state index is 11.8. The van der Waals surface area contributed by atoms with Crippen molar-refractivity contribution in [3.8, 4) is 5.75 Å². The molecule has 6 heteroatoms. The van der Waals surface area contributed by atoms with Crippen LogP contribution in [0.3, 0.4) is 0 Å². The molecule has 0 aliphatic rings. The van der Waals surface area contributed by atoms with E-state index in [1.165, 1.54) is 12.1 Å². The van der Waals surface area contributed by atoms with E-state index in [9.17, 15) is 9.90 Å². The summed E-state index contributed by atoms with van der Waals surface area (Å²) in [5.74, 6) is -0.521.